The van der Waals surface area contributed by atoms with Crippen LogP contribution in [0.4, 0.5) is 0 Å². The molecule has 0 bridgehead atoms. The van der Waals surface area contributed by atoms with Crippen molar-refractivity contribution in [2.24, 2.45) is 0 Å². The van der Waals surface area contributed by atoms with Gasteiger partial charge < -0.3 is 19.7 Å². The maximum atomic E-state index is 12.0. The highest BCUT2D eigenvalue weighted by Gasteiger charge is 2.17. The smallest absolute Gasteiger partial charge is 0.317 e. The summed E-state index contributed by atoms with van der Waals surface area (Å²) in [5, 5.41) is 11.7. The van der Waals surface area contributed by atoms with Crippen LogP contribution < -0.4 is 5.32 Å². The number of carboxylic acid groups (broad SMARTS) is 1. The normalized spacial score (nSPS) is 12.6. The van der Waals surface area contributed by atoms with Crippen LogP contribution in [0.5, 0.6) is 0 Å². The molecule has 118 valence electrons. The van der Waals surface area contributed by atoms with Gasteiger partial charge in [0.25, 0.3) is 0 Å². The van der Waals surface area contributed by atoms with E-state index >= 15 is 0 Å². The molecule has 1 atom stereocenters. The number of carbonyl (C=O) groups excluding carboxylic acids is 1. The quantitative estimate of drug-likeness (QED) is 0.686. The Morgan fingerprint density at radius 3 is 2.57 bits per heavy atom. The van der Waals surface area contributed by atoms with Crippen molar-refractivity contribution in [1.29, 1.82) is 0 Å². The highest BCUT2D eigenvalue weighted by molar-refractivity contribution is 5.79. The molecule has 1 aromatic heterocycles. The van der Waals surface area contributed by atoms with Crippen LogP contribution in [0.2, 0.25) is 0 Å². The zero-order chi connectivity index (χ0) is 15.8. The summed E-state index contributed by atoms with van der Waals surface area (Å²) in [5.41, 5.74) is 0. The molecule has 0 aliphatic carbocycles. The van der Waals surface area contributed by atoms with Gasteiger partial charge in [-0.15, -0.1) is 0 Å². The third-order valence-corrected chi connectivity index (χ3v) is 2.94. The maximum Gasteiger partial charge on any atom is 0.317 e. The van der Waals surface area contributed by atoms with Crippen LogP contribution in [0.3, 0.4) is 0 Å². The van der Waals surface area contributed by atoms with E-state index in [1.807, 2.05) is 25.9 Å². The standard InChI is InChI=1S/C14H23N3O4/c1-11(12-5-4-8-21-12)15-13(18)9-17(10-14(19)20)7-6-16(2)3/h4-5,8,11H,6-7,9-10H2,1-3H3,(H,15,18)(H,19,20). The number of rotatable bonds is 9. The van der Waals surface area contributed by atoms with Crippen molar-refractivity contribution in [2.45, 2.75) is 13.0 Å². The summed E-state index contributed by atoms with van der Waals surface area (Å²) >= 11 is 0. The SMILES string of the molecule is CC(NC(=O)CN(CCN(C)C)CC(=O)O)c1ccco1. The molecule has 1 aromatic rings. The van der Waals surface area contributed by atoms with Gasteiger partial charge in [0.15, 0.2) is 0 Å². The predicted octanol–water partition coefficient (Wildman–Crippen LogP) is 0.405. The van der Waals surface area contributed by atoms with Crippen molar-refractivity contribution >= 4 is 11.9 Å². The molecule has 0 aromatic carbocycles. The molecular formula is C14H23N3O4. The van der Waals surface area contributed by atoms with Crippen LogP contribution >= 0.6 is 0 Å². The first-order chi connectivity index (χ1) is 9.88. The van der Waals surface area contributed by atoms with Gasteiger partial charge in [-0.1, -0.05) is 0 Å². The van der Waals surface area contributed by atoms with Gasteiger partial charge in [0.05, 0.1) is 25.4 Å². The van der Waals surface area contributed by atoms with Crippen LogP contribution in [0.1, 0.15) is 18.7 Å². The Balaban J connectivity index is 2.48. The highest BCUT2D eigenvalue weighted by atomic mass is 16.4. The second-order valence-electron chi connectivity index (χ2n) is 5.21. The van der Waals surface area contributed by atoms with Crippen molar-refractivity contribution < 1.29 is 19.1 Å². The van der Waals surface area contributed by atoms with Crippen molar-refractivity contribution in [3.05, 3.63) is 24.2 Å². The summed E-state index contributed by atoms with van der Waals surface area (Å²) in [5.74, 6) is -0.499. The number of likely N-dealkylation sites (N-methyl/N-ethyl adjacent to an activating group) is 1. The Morgan fingerprint density at radius 1 is 1.33 bits per heavy atom. The molecule has 0 spiro atoms. The van der Waals surface area contributed by atoms with E-state index in [0.29, 0.717) is 18.8 Å². The highest BCUT2D eigenvalue weighted by Crippen LogP contribution is 2.11. The Morgan fingerprint density at radius 2 is 2.05 bits per heavy atom. The molecule has 0 saturated carbocycles. The number of hydrogen-bond acceptors (Lipinski definition) is 5. The first-order valence-corrected chi connectivity index (χ1v) is 6.80. The van der Waals surface area contributed by atoms with Gasteiger partial charge in [0.1, 0.15) is 5.76 Å². The number of carbonyl (C=O) groups is 2. The topological polar surface area (TPSA) is 86.0 Å². The lowest BCUT2D eigenvalue weighted by atomic mass is 10.2. The van der Waals surface area contributed by atoms with E-state index < -0.39 is 5.97 Å². The van der Waals surface area contributed by atoms with Crippen molar-refractivity contribution in [2.75, 3.05) is 40.3 Å². The third kappa shape index (κ3) is 6.92. The van der Waals surface area contributed by atoms with Gasteiger partial charge in [0.2, 0.25) is 5.91 Å². The number of amides is 1. The number of carboxylic acids is 1. The third-order valence-electron chi connectivity index (χ3n) is 2.94. The minimum atomic E-state index is -0.944. The Hall–Kier alpha value is -1.86. The molecule has 0 radical (unpaired) electrons. The summed E-state index contributed by atoms with van der Waals surface area (Å²) in [4.78, 5) is 26.4. The van der Waals surface area contributed by atoms with Gasteiger partial charge >= 0.3 is 5.97 Å². The largest absolute Gasteiger partial charge is 0.480 e. The van der Waals surface area contributed by atoms with Gasteiger partial charge in [-0.25, -0.2) is 0 Å². The molecule has 0 fully saturated rings. The Bertz CT molecular complexity index is 445. The summed E-state index contributed by atoms with van der Waals surface area (Å²) in [6.07, 6.45) is 1.55. The first kappa shape index (κ1) is 17.2. The van der Waals surface area contributed by atoms with Crippen LogP contribution in [0.25, 0.3) is 0 Å². The van der Waals surface area contributed by atoms with Crippen LogP contribution in [0, 0.1) is 0 Å². The fourth-order valence-corrected chi connectivity index (χ4v) is 1.85. The molecule has 1 unspecified atom stereocenters. The van der Waals surface area contributed by atoms with Crippen LogP contribution in [-0.2, 0) is 9.59 Å². The second kappa shape index (κ2) is 8.43. The van der Waals surface area contributed by atoms with Crippen molar-refractivity contribution in [1.82, 2.24) is 15.1 Å². The Kier molecular flexibility index (Phi) is 6.90. The zero-order valence-electron chi connectivity index (χ0n) is 12.7. The van der Waals surface area contributed by atoms with Crippen LogP contribution in [-0.4, -0.2) is 67.1 Å². The summed E-state index contributed by atoms with van der Waals surface area (Å²) < 4.78 is 5.22. The molecule has 7 heteroatoms. The fraction of sp³-hybridized carbons (Fsp3) is 0.571. The molecule has 7 nitrogen and oxygen atoms in total. The van der Waals surface area contributed by atoms with E-state index in [-0.39, 0.29) is 25.0 Å². The molecular weight excluding hydrogens is 274 g/mol. The molecule has 0 aliphatic rings. The minimum absolute atomic E-state index is 0.0468. The van der Waals surface area contributed by atoms with E-state index in [0.717, 1.165) is 0 Å². The van der Waals surface area contributed by atoms with E-state index in [2.05, 4.69) is 5.32 Å². The lowest BCUT2D eigenvalue weighted by Gasteiger charge is -2.22. The first-order valence-electron chi connectivity index (χ1n) is 6.80. The number of aliphatic carboxylic acids is 1. The van der Waals surface area contributed by atoms with E-state index in [1.54, 1.807) is 23.3 Å². The lowest BCUT2D eigenvalue weighted by Crippen LogP contribution is -2.43. The zero-order valence-corrected chi connectivity index (χ0v) is 12.7. The molecule has 1 heterocycles. The van der Waals surface area contributed by atoms with Gasteiger partial charge in [-0.2, -0.15) is 0 Å². The van der Waals surface area contributed by atoms with Gasteiger partial charge in [-0.3, -0.25) is 14.5 Å². The minimum Gasteiger partial charge on any atom is -0.480 e. The number of nitrogens with zero attached hydrogens (tertiary/aromatic N) is 2. The molecule has 0 saturated heterocycles. The monoisotopic (exact) mass is 297 g/mol. The summed E-state index contributed by atoms with van der Waals surface area (Å²) in [7, 11) is 3.80. The lowest BCUT2D eigenvalue weighted by molar-refractivity contribution is -0.138. The fourth-order valence-electron chi connectivity index (χ4n) is 1.85. The van der Waals surface area contributed by atoms with Gasteiger partial charge in [-0.05, 0) is 33.2 Å². The summed E-state index contributed by atoms with van der Waals surface area (Å²) in [6, 6.07) is 3.30. The number of nitrogens with one attached hydrogen (secondary N) is 1. The second-order valence-corrected chi connectivity index (χ2v) is 5.21. The summed E-state index contributed by atoms with van der Waals surface area (Å²) in [6.45, 7) is 2.91. The van der Waals surface area contributed by atoms with Crippen LogP contribution in [0.15, 0.2) is 22.8 Å². The number of hydrogen-bond donors (Lipinski definition) is 2. The Labute approximate surface area is 124 Å². The maximum absolute atomic E-state index is 12.0. The predicted molar refractivity (Wildman–Crippen MR) is 77.9 cm³/mol. The van der Waals surface area contributed by atoms with E-state index in [1.165, 1.54) is 0 Å². The molecule has 2 N–H and O–H groups in total. The van der Waals surface area contributed by atoms with Gasteiger partial charge in [0, 0.05) is 13.1 Å². The average molecular weight is 297 g/mol. The van der Waals surface area contributed by atoms with E-state index in [9.17, 15) is 9.59 Å². The van der Waals surface area contributed by atoms with Crippen molar-refractivity contribution in [3.8, 4) is 0 Å². The van der Waals surface area contributed by atoms with E-state index in [4.69, 9.17) is 9.52 Å². The molecule has 1 rings (SSSR count). The average Bonchev–Trinajstić information content (AvgIpc) is 2.88. The molecule has 0 aliphatic heterocycles. The molecule has 21 heavy (non-hydrogen) atoms. The molecule has 1 amide bonds. The van der Waals surface area contributed by atoms with Crippen molar-refractivity contribution in [3.63, 3.8) is 0 Å². The number of furan rings is 1.